The summed E-state index contributed by atoms with van der Waals surface area (Å²) in [5.41, 5.74) is 4.50. The molecule has 3 rings (SSSR count). The van der Waals surface area contributed by atoms with Crippen LogP contribution in [0.1, 0.15) is 57.9 Å². The fourth-order valence-electron chi connectivity index (χ4n) is 3.29. The van der Waals surface area contributed by atoms with Crippen LogP contribution >= 0.6 is 11.8 Å². The molecule has 0 saturated heterocycles. The summed E-state index contributed by atoms with van der Waals surface area (Å²) in [6.45, 7) is 4.56. The van der Waals surface area contributed by atoms with Gasteiger partial charge in [-0.15, -0.1) is 0 Å². The maximum Gasteiger partial charge on any atom is 0.0352 e. The Labute approximate surface area is 139 Å². The number of thioether (sulfide) groups is 1. The second-order valence-corrected chi connectivity index (χ2v) is 7.44. The quantitative estimate of drug-likeness (QED) is 0.524. The normalized spacial score (nSPS) is 20.2. The van der Waals surface area contributed by atoms with E-state index in [9.17, 15) is 0 Å². The molecule has 1 heteroatoms. The predicted octanol–water partition coefficient (Wildman–Crippen LogP) is 6.97. The lowest BCUT2D eigenvalue weighted by Gasteiger charge is -2.10. The average Bonchev–Trinajstić information content (AvgIpc) is 3.11. The molecular formula is C21H26S. The van der Waals surface area contributed by atoms with Crippen LogP contribution in [0.5, 0.6) is 0 Å². The van der Waals surface area contributed by atoms with E-state index in [4.69, 9.17) is 0 Å². The number of hydrogen-bond donors (Lipinski definition) is 0. The first-order valence-corrected chi connectivity index (χ1v) is 9.53. The van der Waals surface area contributed by atoms with Crippen LogP contribution in [0, 0.1) is 5.92 Å². The lowest BCUT2D eigenvalue weighted by atomic mass is 9.95. The molecule has 2 aliphatic rings. The van der Waals surface area contributed by atoms with Crippen molar-refractivity contribution in [3.63, 3.8) is 0 Å². The number of allylic oxidation sites excluding steroid dienone is 6. The lowest BCUT2D eigenvalue weighted by Crippen LogP contribution is -1.94. The summed E-state index contributed by atoms with van der Waals surface area (Å²) in [6, 6.07) is 10.9. The van der Waals surface area contributed by atoms with Crippen LogP contribution in [-0.2, 0) is 0 Å². The van der Waals surface area contributed by atoms with Crippen LogP contribution in [0.25, 0.3) is 5.57 Å². The topological polar surface area (TPSA) is 0 Å². The van der Waals surface area contributed by atoms with Gasteiger partial charge in [-0.05, 0) is 47.3 Å². The zero-order valence-corrected chi connectivity index (χ0v) is 14.6. The Morgan fingerprint density at radius 1 is 0.955 bits per heavy atom. The second kappa shape index (κ2) is 7.37. The van der Waals surface area contributed by atoms with Gasteiger partial charge in [0.2, 0.25) is 0 Å². The molecule has 22 heavy (non-hydrogen) atoms. The molecule has 1 heterocycles. The Balaban J connectivity index is 1.87. The summed E-state index contributed by atoms with van der Waals surface area (Å²) in [7, 11) is 0. The SMILES string of the molecule is CCCCC1=CC2C(c3ccccc3)=CC(CCCC)=C2S1. The third-order valence-electron chi connectivity index (χ3n) is 4.54. The molecule has 1 aromatic carbocycles. The number of benzene rings is 1. The van der Waals surface area contributed by atoms with Gasteiger partial charge in [-0.25, -0.2) is 0 Å². The van der Waals surface area contributed by atoms with Crippen LogP contribution in [0.15, 0.2) is 57.9 Å². The fourth-order valence-corrected chi connectivity index (χ4v) is 4.63. The molecule has 0 amide bonds. The molecular weight excluding hydrogens is 284 g/mol. The summed E-state index contributed by atoms with van der Waals surface area (Å²) in [6.07, 6.45) is 12.7. The van der Waals surface area contributed by atoms with E-state index in [2.05, 4.69) is 68.1 Å². The van der Waals surface area contributed by atoms with Crippen LogP contribution in [0.3, 0.4) is 0 Å². The maximum absolute atomic E-state index is 2.54. The highest BCUT2D eigenvalue weighted by molar-refractivity contribution is 8.07. The number of hydrogen-bond acceptors (Lipinski definition) is 1. The van der Waals surface area contributed by atoms with Gasteiger partial charge in [0.15, 0.2) is 0 Å². The number of fused-ring (bicyclic) bond motifs is 1. The highest BCUT2D eigenvalue weighted by Gasteiger charge is 2.32. The van der Waals surface area contributed by atoms with Gasteiger partial charge >= 0.3 is 0 Å². The van der Waals surface area contributed by atoms with E-state index in [1.54, 1.807) is 15.4 Å². The highest BCUT2D eigenvalue weighted by atomic mass is 32.2. The van der Waals surface area contributed by atoms with Gasteiger partial charge in [0, 0.05) is 10.8 Å². The largest absolute Gasteiger partial charge is 0.0980 e. The predicted molar refractivity (Wildman–Crippen MR) is 99.7 cm³/mol. The zero-order chi connectivity index (χ0) is 15.4. The molecule has 1 aliphatic carbocycles. The van der Waals surface area contributed by atoms with Crippen molar-refractivity contribution in [2.75, 3.05) is 0 Å². The smallest absolute Gasteiger partial charge is 0.0352 e. The van der Waals surface area contributed by atoms with E-state index in [0.717, 1.165) is 0 Å². The van der Waals surface area contributed by atoms with E-state index < -0.39 is 0 Å². The van der Waals surface area contributed by atoms with Gasteiger partial charge < -0.3 is 0 Å². The van der Waals surface area contributed by atoms with E-state index in [1.165, 1.54) is 49.7 Å². The highest BCUT2D eigenvalue weighted by Crippen LogP contribution is 2.53. The Hall–Kier alpha value is -1.21. The third kappa shape index (κ3) is 3.25. The minimum absolute atomic E-state index is 0.533. The molecule has 0 N–H and O–H groups in total. The molecule has 1 aliphatic heterocycles. The van der Waals surface area contributed by atoms with Crippen molar-refractivity contribution in [1.82, 2.24) is 0 Å². The fraction of sp³-hybridized carbons (Fsp3) is 0.429. The van der Waals surface area contributed by atoms with Crippen molar-refractivity contribution in [2.24, 2.45) is 5.92 Å². The molecule has 1 unspecified atom stereocenters. The number of unbranched alkanes of at least 4 members (excludes halogenated alkanes) is 2. The van der Waals surface area contributed by atoms with Crippen LogP contribution < -0.4 is 0 Å². The van der Waals surface area contributed by atoms with Crippen molar-refractivity contribution in [2.45, 2.75) is 52.4 Å². The molecule has 1 aromatic rings. The summed E-state index contributed by atoms with van der Waals surface area (Å²) < 4.78 is 0. The summed E-state index contributed by atoms with van der Waals surface area (Å²) >= 11 is 2.07. The van der Waals surface area contributed by atoms with Crippen LogP contribution in [0.2, 0.25) is 0 Å². The Kier molecular flexibility index (Phi) is 5.25. The van der Waals surface area contributed by atoms with Crippen molar-refractivity contribution in [3.05, 3.63) is 63.4 Å². The Morgan fingerprint density at radius 3 is 2.41 bits per heavy atom. The zero-order valence-electron chi connectivity index (χ0n) is 13.8. The molecule has 116 valence electrons. The van der Waals surface area contributed by atoms with E-state index in [0.29, 0.717) is 5.92 Å². The Bertz CT molecular complexity index is 604. The molecule has 0 radical (unpaired) electrons. The van der Waals surface area contributed by atoms with Gasteiger partial charge in [0.1, 0.15) is 0 Å². The third-order valence-corrected chi connectivity index (χ3v) is 5.88. The van der Waals surface area contributed by atoms with Crippen LogP contribution in [-0.4, -0.2) is 0 Å². The van der Waals surface area contributed by atoms with Gasteiger partial charge in [-0.1, -0.05) is 80.9 Å². The van der Waals surface area contributed by atoms with E-state index in [1.807, 2.05) is 0 Å². The van der Waals surface area contributed by atoms with Crippen molar-refractivity contribution >= 4 is 17.3 Å². The molecule has 0 saturated carbocycles. The van der Waals surface area contributed by atoms with Gasteiger partial charge in [0.05, 0.1) is 0 Å². The minimum Gasteiger partial charge on any atom is -0.0980 e. The Morgan fingerprint density at radius 2 is 1.68 bits per heavy atom. The van der Waals surface area contributed by atoms with Crippen molar-refractivity contribution in [3.8, 4) is 0 Å². The maximum atomic E-state index is 2.54. The molecule has 0 fully saturated rings. The number of rotatable bonds is 7. The van der Waals surface area contributed by atoms with E-state index >= 15 is 0 Å². The van der Waals surface area contributed by atoms with Crippen molar-refractivity contribution < 1.29 is 0 Å². The first-order valence-electron chi connectivity index (χ1n) is 8.72. The molecule has 0 nitrogen and oxygen atoms in total. The van der Waals surface area contributed by atoms with Gasteiger partial charge in [-0.2, -0.15) is 0 Å². The lowest BCUT2D eigenvalue weighted by molar-refractivity contribution is 0.796. The molecule has 1 atom stereocenters. The minimum atomic E-state index is 0.533. The van der Waals surface area contributed by atoms with Crippen LogP contribution in [0.4, 0.5) is 0 Å². The van der Waals surface area contributed by atoms with E-state index in [-0.39, 0.29) is 0 Å². The van der Waals surface area contributed by atoms with Gasteiger partial charge in [-0.3, -0.25) is 0 Å². The summed E-state index contributed by atoms with van der Waals surface area (Å²) in [5, 5.41) is 0. The first-order chi connectivity index (χ1) is 10.8. The van der Waals surface area contributed by atoms with Gasteiger partial charge in [0.25, 0.3) is 0 Å². The molecule has 0 bridgehead atoms. The molecule has 0 spiro atoms. The monoisotopic (exact) mass is 310 g/mol. The molecule has 0 aromatic heterocycles. The average molecular weight is 311 g/mol. The first kappa shape index (κ1) is 15.7. The standard InChI is InChI=1S/C21H26S/c1-3-5-10-17-14-19(16-11-8-7-9-12-16)20-15-18(13-6-4-2)22-21(17)20/h7-9,11-12,14-15,20H,3-6,10,13H2,1-2H3. The second-order valence-electron chi connectivity index (χ2n) is 6.28. The summed E-state index contributed by atoms with van der Waals surface area (Å²) in [5.74, 6) is 0.533. The summed E-state index contributed by atoms with van der Waals surface area (Å²) in [4.78, 5) is 3.22. The van der Waals surface area contributed by atoms with Crippen molar-refractivity contribution in [1.29, 1.82) is 0 Å².